The second-order valence-corrected chi connectivity index (χ2v) is 8.33. The Kier molecular flexibility index (Phi) is 5.29. The van der Waals surface area contributed by atoms with E-state index in [1.807, 2.05) is 54.6 Å². The molecule has 3 aromatic carbocycles. The number of halogens is 2. The molecule has 2 fully saturated rings. The number of anilines is 2. The lowest BCUT2D eigenvalue weighted by atomic mass is 9.90. The van der Waals surface area contributed by atoms with Gasteiger partial charge < -0.3 is 4.74 Å². The summed E-state index contributed by atoms with van der Waals surface area (Å²) in [5, 5.41) is 2.07. The largest absolute Gasteiger partial charge is 0.497 e. The molecule has 6 nitrogen and oxygen atoms in total. The van der Waals surface area contributed by atoms with Crippen LogP contribution in [0.25, 0.3) is 0 Å². The molecule has 0 spiro atoms. The van der Waals surface area contributed by atoms with Crippen molar-refractivity contribution in [3.63, 3.8) is 0 Å². The Morgan fingerprint density at radius 1 is 0.875 bits per heavy atom. The highest BCUT2D eigenvalue weighted by atomic mass is 35.5. The van der Waals surface area contributed by atoms with Crippen LogP contribution in [-0.2, 0) is 14.4 Å². The topological polar surface area (TPSA) is 59.1 Å². The first-order valence-electron chi connectivity index (χ1n) is 9.98. The fourth-order valence-corrected chi connectivity index (χ4v) is 4.87. The second-order valence-electron chi connectivity index (χ2n) is 7.52. The van der Waals surface area contributed by atoms with E-state index in [1.165, 1.54) is 0 Å². The summed E-state index contributed by atoms with van der Waals surface area (Å²) in [4.78, 5) is 34.2. The van der Waals surface area contributed by atoms with Gasteiger partial charge in [-0.1, -0.05) is 59.6 Å². The number of carbonyl (C=O) groups is 2. The van der Waals surface area contributed by atoms with E-state index in [4.69, 9.17) is 32.8 Å². The quantitative estimate of drug-likeness (QED) is 0.501. The van der Waals surface area contributed by atoms with Crippen molar-refractivity contribution in [2.75, 3.05) is 17.1 Å². The molecular formula is C24H18Cl2N2O4. The summed E-state index contributed by atoms with van der Waals surface area (Å²) in [6.07, 6.45) is -1.01. The molecular weight excluding hydrogens is 451 g/mol. The third kappa shape index (κ3) is 3.23. The van der Waals surface area contributed by atoms with Crippen molar-refractivity contribution in [3.05, 3.63) is 88.4 Å². The minimum Gasteiger partial charge on any atom is -0.497 e. The van der Waals surface area contributed by atoms with Gasteiger partial charge in [-0.25, -0.2) is 9.96 Å². The third-order valence-corrected chi connectivity index (χ3v) is 6.33. The predicted octanol–water partition coefficient (Wildman–Crippen LogP) is 5.05. The molecule has 3 atom stereocenters. The fraction of sp³-hybridized carbons (Fsp3) is 0.167. The number of amides is 2. The van der Waals surface area contributed by atoms with Gasteiger partial charge in [-0.3, -0.25) is 14.4 Å². The summed E-state index contributed by atoms with van der Waals surface area (Å²) >= 11 is 12.6. The molecule has 0 N–H and O–H groups in total. The number of fused-ring (bicyclic) bond motifs is 1. The second kappa shape index (κ2) is 8.13. The standard InChI is InChI=1S/C24H18Cl2N2O4/c1-31-16-10-5-7-14(13-16)20-19-22(32-28(20)15-8-3-2-4-9-15)24(30)27(23(19)29)21-17(25)11-6-12-18(21)26/h2-13,19-20,22H,1H3/t19-,20+,22-/m0/s1. The minimum atomic E-state index is -1.01. The number of para-hydroxylation sites is 2. The van der Waals surface area contributed by atoms with Crippen LogP contribution in [0.3, 0.4) is 0 Å². The number of hydroxylamine groups is 1. The molecule has 0 aliphatic carbocycles. The van der Waals surface area contributed by atoms with Gasteiger partial charge in [0.2, 0.25) is 5.91 Å². The zero-order valence-corrected chi connectivity index (χ0v) is 18.5. The van der Waals surface area contributed by atoms with Crippen molar-refractivity contribution in [1.82, 2.24) is 0 Å². The molecule has 2 saturated heterocycles. The molecule has 0 aromatic heterocycles. The van der Waals surface area contributed by atoms with Crippen LogP contribution in [0.15, 0.2) is 72.8 Å². The first-order valence-corrected chi connectivity index (χ1v) is 10.7. The van der Waals surface area contributed by atoms with Crippen molar-refractivity contribution in [2.45, 2.75) is 12.1 Å². The van der Waals surface area contributed by atoms with Crippen molar-refractivity contribution in [2.24, 2.45) is 5.92 Å². The molecule has 2 aliphatic heterocycles. The Morgan fingerprint density at radius 3 is 2.25 bits per heavy atom. The molecule has 32 heavy (non-hydrogen) atoms. The molecule has 2 heterocycles. The lowest BCUT2D eigenvalue weighted by Gasteiger charge is -2.29. The number of hydrogen-bond donors (Lipinski definition) is 0. The maximum absolute atomic E-state index is 13.7. The zero-order chi connectivity index (χ0) is 22.4. The first kappa shape index (κ1) is 20.8. The summed E-state index contributed by atoms with van der Waals surface area (Å²) in [6, 6.07) is 21.0. The summed E-state index contributed by atoms with van der Waals surface area (Å²) in [7, 11) is 1.58. The molecule has 0 bridgehead atoms. The van der Waals surface area contributed by atoms with Gasteiger partial charge in [0.05, 0.1) is 34.6 Å². The van der Waals surface area contributed by atoms with Gasteiger partial charge in [-0.15, -0.1) is 0 Å². The number of carbonyl (C=O) groups excluding carboxylic acids is 2. The minimum absolute atomic E-state index is 0.180. The zero-order valence-electron chi connectivity index (χ0n) is 16.9. The summed E-state index contributed by atoms with van der Waals surface area (Å²) < 4.78 is 5.38. The van der Waals surface area contributed by atoms with E-state index in [0.717, 1.165) is 16.2 Å². The normalized spacial score (nSPS) is 22.4. The highest BCUT2D eigenvalue weighted by Crippen LogP contribution is 2.49. The van der Waals surface area contributed by atoms with E-state index in [1.54, 1.807) is 30.4 Å². The van der Waals surface area contributed by atoms with Crippen LogP contribution in [0.2, 0.25) is 10.0 Å². The Hall–Kier alpha value is -3.06. The molecule has 2 amide bonds. The lowest BCUT2D eigenvalue weighted by molar-refractivity contribution is -0.126. The molecule has 5 rings (SSSR count). The van der Waals surface area contributed by atoms with Gasteiger partial charge in [0.15, 0.2) is 6.10 Å². The number of ether oxygens (including phenoxy) is 1. The third-order valence-electron chi connectivity index (χ3n) is 5.72. The molecule has 0 radical (unpaired) electrons. The number of rotatable bonds is 4. The molecule has 0 saturated carbocycles. The van der Waals surface area contributed by atoms with Crippen molar-refractivity contribution >= 4 is 46.4 Å². The van der Waals surface area contributed by atoms with Crippen molar-refractivity contribution in [3.8, 4) is 5.75 Å². The Bertz CT molecular complexity index is 1180. The average Bonchev–Trinajstić information content (AvgIpc) is 3.31. The Balaban J connectivity index is 1.62. The van der Waals surface area contributed by atoms with Crippen LogP contribution in [0.5, 0.6) is 5.75 Å². The van der Waals surface area contributed by atoms with E-state index >= 15 is 0 Å². The van der Waals surface area contributed by atoms with Crippen LogP contribution in [0.1, 0.15) is 11.6 Å². The van der Waals surface area contributed by atoms with E-state index < -0.39 is 29.9 Å². The van der Waals surface area contributed by atoms with Gasteiger partial charge in [-0.05, 0) is 42.0 Å². The van der Waals surface area contributed by atoms with Crippen molar-refractivity contribution in [1.29, 1.82) is 0 Å². The number of benzene rings is 3. The summed E-state index contributed by atoms with van der Waals surface area (Å²) in [5.74, 6) is -1.06. The number of nitrogens with zero attached hydrogens (tertiary/aromatic N) is 2. The van der Waals surface area contributed by atoms with E-state index in [2.05, 4.69) is 0 Å². The van der Waals surface area contributed by atoms with Crippen LogP contribution < -0.4 is 14.7 Å². The van der Waals surface area contributed by atoms with Crippen LogP contribution in [0, 0.1) is 5.92 Å². The highest BCUT2D eigenvalue weighted by molar-refractivity contribution is 6.42. The first-order chi connectivity index (χ1) is 15.5. The number of hydrogen-bond acceptors (Lipinski definition) is 5. The van der Waals surface area contributed by atoms with E-state index in [-0.39, 0.29) is 15.7 Å². The fourth-order valence-electron chi connectivity index (χ4n) is 4.30. The average molecular weight is 469 g/mol. The molecule has 162 valence electrons. The van der Waals surface area contributed by atoms with E-state index in [9.17, 15) is 9.59 Å². The van der Waals surface area contributed by atoms with Crippen LogP contribution in [0.4, 0.5) is 11.4 Å². The maximum Gasteiger partial charge on any atom is 0.266 e. The molecule has 3 aromatic rings. The predicted molar refractivity (Wildman–Crippen MR) is 122 cm³/mol. The molecule has 2 aliphatic rings. The van der Waals surface area contributed by atoms with Crippen LogP contribution >= 0.6 is 23.2 Å². The Labute approximate surface area is 194 Å². The number of methoxy groups -OCH3 is 1. The van der Waals surface area contributed by atoms with Gasteiger partial charge in [0, 0.05) is 0 Å². The maximum atomic E-state index is 13.7. The Morgan fingerprint density at radius 2 is 1.56 bits per heavy atom. The van der Waals surface area contributed by atoms with Crippen molar-refractivity contribution < 1.29 is 19.2 Å². The smallest absolute Gasteiger partial charge is 0.266 e. The molecule has 8 heteroatoms. The van der Waals surface area contributed by atoms with Gasteiger partial charge >= 0.3 is 0 Å². The van der Waals surface area contributed by atoms with Crippen LogP contribution in [-0.4, -0.2) is 25.0 Å². The van der Waals surface area contributed by atoms with Gasteiger partial charge in [0.1, 0.15) is 11.7 Å². The monoisotopic (exact) mass is 468 g/mol. The summed E-state index contributed by atoms with van der Waals surface area (Å²) in [5.41, 5.74) is 1.70. The SMILES string of the molecule is COc1cccc([C@@H]2[C@@H]3C(=O)N(c4c(Cl)cccc4Cl)C(=O)[C@H]3ON2c2ccccc2)c1. The highest BCUT2D eigenvalue weighted by Gasteiger charge is 2.60. The molecule has 0 unspecified atom stereocenters. The summed E-state index contributed by atoms with van der Waals surface area (Å²) in [6.45, 7) is 0. The van der Waals surface area contributed by atoms with Gasteiger partial charge in [-0.2, -0.15) is 0 Å². The number of imide groups is 1. The van der Waals surface area contributed by atoms with E-state index in [0.29, 0.717) is 5.75 Å². The lowest BCUT2D eigenvalue weighted by Crippen LogP contribution is -2.37. The van der Waals surface area contributed by atoms with Gasteiger partial charge in [0.25, 0.3) is 5.91 Å².